The van der Waals surface area contributed by atoms with Gasteiger partial charge in [0, 0.05) is 56.3 Å². The molecule has 3 amide bonds. The van der Waals surface area contributed by atoms with Gasteiger partial charge in [-0.1, -0.05) is 18.2 Å². The predicted octanol–water partition coefficient (Wildman–Crippen LogP) is 2.77. The highest BCUT2D eigenvalue weighted by atomic mass is 16.2. The van der Waals surface area contributed by atoms with Crippen molar-refractivity contribution in [2.75, 3.05) is 18.4 Å². The Morgan fingerprint density at radius 2 is 1.85 bits per heavy atom. The number of carbonyl (C=O) groups excluding carboxylic acids is 2. The van der Waals surface area contributed by atoms with Gasteiger partial charge < -0.3 is 24.7 Å². The fourth-order valence-corrected chi connectivity index (χ4v) is 4.99. The number of fused-ring (bicyclic) bond motifs is 4. The number of nitrogens with zero attached hydrogens (tertiary/aromatic N) is 3. The molecule has 4 heterocycles. The molecule has 2 atom stereocenters. The van der Waals surface area contributed by atoms with Crippen LogP contribution in [0.25, 0.3) is 0 Å². The molecule has 0 unspecified atom stereocenters. The summed E-state index contributed by atoms with van der Waals surface area (Å²) in [7, 11) is 1.93. The van der Waals surface area contributed by atoms with E-state index in [0.717, 1.165) is 17.8 Å². The molecule has 2 N–H and O–H groups in total. The summed E-state index contributed by atoms with van der Waals surface area (Å²) in [6.07, 6.45) is 2.91. The maximum atomic E-state index is 13.2. The minimum atomic E-state index is -0.240. The molecular formula is C25H27N5O3. The number of piperidine rings is 1. The third kappa shape index (κ3) is 4.16. The Balaban J connectivity index is 1.28. The largest absolute Gasteiger partial charge is 0.353 e. The molecule has 1 fully saturated rings. The van der Waals surface area contributed by atoms with Gasteiger partial charge in [0.25, 0.3) is 11.5 Å². The van der Waals surface area contributed by atoms with Crippen LogP contribution in [0, 0.1) is 5.92 Å². The van der Waals surface area contributed by atoms with Gasteiger partial charge in [-0.2, -0.15) is 0 Å². The van der Waals surface area contributed by atoms with Crippen molar-refractivity contribution in [3.63, 3.8) is 0 Å². The van der Waals surface area contributed by atoms with E-state index in [1.54, 1.807) is 41.3 Å². The molecule has 8 heteroatoms. The van der Waals surface area contributed by atoms with Gasteiger partial charge in [0.05, 0.1) is 17.8 Å². The second kappa shape index (κ2) is 8.61. The maximum Gasteiger partial charge on any atom is 0.321 e. The number of benzene rings is 1. The topological polar surface area (TPSA) is 88.4 Å². The lowest BCUT2D eigenvalue weighted by Crippen LogP contribution is -2.50. The average molecular weight is 446 g/mol. The minimum absolute atomic E-state index is 0.0235. The molecule has 0 spiro atoms. The van der Waals surface area contributed by atoms with Gasteiger partial charge in [0.2, 0.25) is 0 Å². The molecule has 2 aliphatic heterocycles. The van der Waals surface area contributed by atoms with E-state index in [1.165, 1.54) is 0 Å². The molecule has 2 bridgehead atoms. The van der Waals surface area contributed by atoms with Crippen LogP contribution >= 0.6 is 0 Å². The van der Waals surface area contributed by atoms with Crippen molar-refractivity contribution in [2.45, 2.75) is 25.4 Å². The SMILES string of the molecule is Cn1cccc1CNC(=O)c1ccccc1NC(=O)N1C[C@@H]2C[C@H](C1)c1cccc(=O)n1C2. The van der Waals surface area contributed by atoms with Crippen LogP contribution in [0.5, 0.6) is 0 Å². The highest BCUT2D eigenvalue weighted by Crippen LogP contribution is 2.35. The number of para-hydroxylation sites is 1. The molecule has 1 aromatic carbocycles. The zero-order valence-corrected chi connectivity index (χ0v) is 18.5. The van der Waals surface area contributed by atoms with E-state index in [9.17, 15) is 14.4 Å². The number of nitrogens with one attached hydrogen (secondary N) is 2. The van der Waals surface area contributed by atoms with Gasteiger partial charge in [0.1, 0.15) is 0 Å². The van der Waals surface area contributed by atoms with E-state index in [-0.39, 0.29) is 29.3 Å². The van der Waals surface area contributed by atoms with Crippen LogP contribution < -0.4 is 16.2 Å². The zero-order chi connectivity index (χ0) is 22.9. The Morgan fingerprint density at radius 1 is 1.00 bits per heavy atom. The summed E-state index contributed by atoms with van der Waals surface area (Å²) >= 11 is 0. The molecule has 0 saturated carbocycles. The van der Waals surface area contributed by atoms with Gasteiger partial charge in [0.15, 0.2) is 0 Å². The number of rotatable bonds is 4. The molecule has 1 saturated heterocycles. The quantitative estimate of drug-likeness (QED) is 0.647. The van der Waals surface area contributed by atoms with Crippen molar-refractivity contribution in [3.8, 4) is 0 Å². The molecule has 8 nitrogen and oxygen atoms in total. The number of amides is 3. The first kappa shape index (κ1) is 21.1. The fourth-order valence-electron chi connectivity index (χ4n) is 4.99. The van der Waals surface area contributed by atoms with E-state index in [4.69, 9.17) is 0 Å². The van der Waals surface area contributed by atoms with Gasteiger partial charge in [-0.25, -0.2) is 4.79 Å². The van der Waals surface area contributed by atoms with Crippen LogP contribution in [0.3, 0.4) is 0 Å². The van der Waals surface area contributed by atoms with Crippen LogP contribution in [0.4, 0.5) is 10.5 Å². The molecule has 0 radical (unpaired) electrons. The number of aryl methyl sites for hydroxylation is 1. The zero-order valence-electron chi connectivity index (χ0n) is 18.5. The first-order chi connectivity index (χ1) is 16.0. The Labute approximate surface area is 191 Å². The number of hydrogen-bond acceptors (Lipinski definition) is 3. The maximum absolute atomic E-state index is 13.2. The first-order valence-corrected chi connectivity index (χ1v) is 11.2. The second-order valence-electron chi connectivity index (χ2n) is 8.87. The van der Waals surface area contributed by atoms with Crippen LogP contribution in [-0.2, 0) is 20.1 Å². The Kier molecular flexibility index (Phi) is 5.50. The van der Waals surface area contributed by atoms with Gasteiger partial charge in [-0.15, -0.1) is 0 Å². The summed E-state index contributed by atoms with van der Waals surface area (Å²) in [5, 5.41) is 5.87. The first-order valence-electron chi connectivity index (χ1n) is 11.2. The predicted molar refractivity (Wildman–Crippen MR) is 125 cm³/mol. The molecule has 0 aliphatic carbocycles. The standard InChI is InChI=1S/C25H27N5O3/c1-28-11-5-6-19(28)13-26-24(32)20-7-2-3-8-21(20)27-25(33)29-14-17-12-18(16-29)22-9-4-10-23(31)30(22)15-17/h2-11,17-18H,12-16H2,1H3,(H,26,32)(H,27,33)/t17-,18+/m0/s1. The van der Waals surface area contributed by atoms with E-state index < -0.39 is 0 Å². The molecule has 2 aromatic heterocycles. The molecule has 170 valence electrons. The van der Waals surface area contributed by atoms with Crippen LogP contribution in [-0.4, -0.2) is 39.1 Å². The summed E-state index contributed by atoms with van der Waals surface area (Å²) in [5.74, 6) is 0.142. The number of hydrogen-bond donors (Lipinski definition) is 2. The normalized spacial score (nSPS) is 19.0. The third-order valence-electron chi connectivity index (χ3n) is 6.66. The van der Waals surface area contributed by atoms with Crippen molar-refractivity contribution in [2.24, 2.45) is 13.0 Å². The van der Waals surface area contributed by atoms with Crippen molar-refractivity contribution < 1.29 is 9.59 Å². The van der Waals surface area contributed by atoms with Crippen LogP contribution in [0.2, 0.25) is 0 Å². The molecule has 2 aliphatic rings. The molecule has 3 aromatic rings. The lowest BCUT2D eigenvalue weighted by Gasteiger charge is -2.42. The Bertz CT molecular complexity index is 1260. The number of aromatic nitrogens is 2. The van der Waals surface area contributed by atoms with E-state index in [1.807, 2.05) is 40.6 Å². The van der Waals surface area contributed by atoms with E-state index in [2.05, 4.69) is 10.6 Å². The number of anilines is 1. The Hall–Kier alpha value is -3.81. The number of carbonyl (C=O) groups is 2. The average Bonchev–Trinajstić information content (AvgIpc) is 3.23. The van der Waals surface area contributed by atoms with Crippen LogP contribution in [0.1, 0.15) is 34.1 Å². The van der Waals surface area contributed by atoms with E-state index in [0.29, 0.717) is 37.4 Å². The van der Waals surface area contributed by atoms with Crippen molar-refractivity contribution >= 4 is 17.6 Å². The highest BCUT2D eigenvalue weighted by molar-refractivity contribution is 6.03. The molecule has 33 heavy (non-hydrogen) atoms. The monoisotopic (exact) mass is 445 g/mol. The smallest absolute Gasteiger partial charge is 0.321 e. The summed E-state index contributed by atoms with van der Waals surface area (Å²) in [4.78, 5) is 40.0. The summed E-state index contributed by atoms with van der Waals surface area (Å²) in [6.45, 7) is 2.17. The lowest BCUT2D eigenvalue weighted by molar-refractivity contribution is 0.0951. The second-order valence-corrected chi connectivity index (χ2v) is 8.87. The summed E-state index contributed by atoms with van der Waals surface area (Å²) < 4.78 is 3.80. The van der Waals surface area contributed by atoms with Gasteiger partial charge in [-0.05, 0) is 42.7 Å². The van der Waals surface area contributed by atoms with Crippen molar-refractivity contribution in [1.29, 1.82) is 0 Å². The Morgan fingerprint density at radius 3 is 2.67 bits per heavy atom. The number of pyridine rings is 1. The lowest BCUT2D eigenvalue weighted by atomic mass is 9.83. The minimum Gasteiger partial charge on any atom is -0.353 e. The summed E-state index contributed by atoms with van der Waals surface area (Å²) in [6, 6.07) is 16.1. The summed E-state index contributed by atoms with van der Waals surface area (Å²) in [5.41, 5.74) is 2.92. The third-order valence-corrected chi connectivity index (χ3v) is 6.66. The van der Waals surface area contributed by atoms with Crippen molar-refractivity contribution in [1.82, 2.24) is 19.4 Å². The number of likely N-dealkylation sites (tertiary alicyclic amines) is 1. The highest BCUT2D eigenvalue weighted by Gasteiger charge is 2.36. The fraction of sp³-hybridized carbons (Fsp3) is 0.320. The van der Waals surface area contributed by atoms with Gasteiger partial charge >= 0.3 is 6.03 Å². The number of urea groups is 1. The van der Waals surface area contributed by atoms with Crippen molar-refractivity contribution in [3.05, 3.63) is 88.1 Å². The van der Waals surface area contributed by atoms with Gasteiger partial charge in [-0.3, -0.25) is 9.59 Å². The molecule has 5 rings (SSSR count). The molecular weight excluding hydrogens is 418 g/mol. The van der Waals surface area contributed by atoms with Crippen LogP contribution in [0.15, 0.2) is 65.6 Å². The van der Waals surface area contributed by atoms with E-state index >= 15 is 0 Å².